The van der Waals surface area contributed by atoms with Gasteiger partial charge < -0.3 is 20.6 Å². The summed E-state index contributed by atoms with van der Waals surface area (Å²) < 4.78 is 0. The predicted octanol–water partition coefficient (Wildman–Crippen LogP) is 4.08. The Balaban J connectivity index is 1.59. The van der Waals surface area contributed by atoms with E-state index in [0.717, 1.165) is 49.9 Å². The minimum Gasteiger partial charge on any atom is -0.508 e. The van der Waals surface area contributed by atoms with Crippen LogP contribution in [0, 0.1) is 6.92 Å². The summed E-state index contributed by atoms with van der Waals surface area (Å²) in [5, 5.41) is 15.2. The summed E-state index contributed by atoms with van der Waals surface area (Å²) in [6.45, 7) is 5.39. The molecule has 0 unspecified atom stereocenters. The lowest BCUT2D eigenvalue weighted by Gasteiger charge is -2.20. The van der Waals surface area contributed by atoms with E-state index in [-0.39, 0.29) is 23.7 Å². The van der Waals surface area contributed by atoms with Gasteiger partial charge >= 0.3 is 6.03 Å². The molecule has 1 atom stereocenters. The van der Waals surface area contributed by atoms with Crippen molar-refractivity contribution >= 4 is 17.6 Å². The highest BCUT2D eigenvalue weighted by Crippen LogP contribution is 2.24. The first-order valence-electron chi connectivity index (χ1n) is 10.2. The van der Waals surface area contributed by atoms with Crippen LogP contribution < -0.4 is 10.6 Å². The fourth-order valence-corrected chi connectivity index (χ4v) is 3.59. The number of phenolic OH excluding ortho intramolecular Hbond substituents is 1. The lowest BCUT2D eigenvalue weighted by atomic mass is 10.1. The second kappa shape index (κ2) is 9.45. The fraction of sp³-hybridized carbons (Fsp3) is 0.391. The van der Waals surface area contributed by atoms with Crippen molar-refractivity contribution in [3.8, 4) is 5.75 Å². The molecule has 0 radical (unpaired) electrons. The zero-order valence-corrected chi connectivity index (χ0v) is 17.1. The molecule has 1 heterocycles. The number of aryl methyl sites for hydroxylation is 2. The summed E-state index contributed by atoms with van der Waals surface area (Å²) in [6, 6.07) is 12.3. The number of nitrogens with one attached hydrogen (secondary N) is 2. The van der Waals surface area contributed by atoms with E-state index in [9.17, 15) is 14.7 Å². The highest BCUT2D eigenvalue weighted by molar-refractivity contribution is 6.04. The quantitative estimate of drug-likeness (QED) is 0.689. The molecule has 3 N–H and O–H groups in total. The highest BCUT2D eigenvalue weighted by atomic mass is 16.3. The van der Waals surface area contributed by atoms with Gasteiger partial charge in [-0.3, -0.25) is 4.79 Å². The number of nitrogens with zero attached hydrogens (tertiary/aromatic N) is 1. The van der Waals surface area contributed by atoms with Crippen molar-refractivity contribution in [2.45, 2.75) is 45.6 Å². The number of hydrogen-bond acceptors (Lipinski definition) is 3. The lowest BCUT2D eigenvalue weighted by molar-refractivity contribution is 0.0793. The molecule has 0 bridgehead atoms. The summed E-state index contributed by atoms with van der Waals surface area (Å²) in [5.74, 6) is 0.221. The van der Waals surface area contributed by atoms with Crippen LogP contribution in [0.1, 0.15) is 47.7 Å². The number of likely N-dealkylation sites (tertiary alicyclic amines) is 1. The minimum atomic E-state index is -0.312. The van der Waals surface area contributed by atoms with Gasteiger partial charge in [0, 0.05) is 19.1 Å². The molecule has 1 saturated heterocycles. The van der Waals surface area contributed by atoms with E-state index >= 15 is 0 Å². The second-order valence-electron chi connectivity index (χ2n) is 7.70. The largest absolute Gasteiger partial charge is 0.508 e. The van der Waals surface area contributed by atoms with Gasteiger partial charge in [0.1, 0.15) is 5.75 Å². The topological polar surface area (TPSA) is 81.7 Å². The third kappa shape index (κ3) is 5.50. The van der Waals surface area contributed by atoms with Crippen molar-refractivity contribution in [3.05, 3.63) is 59.2 Å². The number of benzene rings is 2. The molecule has 0 aliphatic carbocycles. The average Bonchev–Trinajstić information content (AvgIpc) is 3.23. The van der Waals surface area contributed by atoms with Crippen molar-refractivity contribution in [2.75, 3.05) is 18.4 Å². The maximum Gasteiger partial charge on any atom is 0.319 e. The molecular weight excluding hydrogens is 366 g/mol. The molecule has 0 spiro atoms. The Morgan fingerprint density at radius 3 is 2.48 bits per heavy atom. The Bertz CT molecular complexity index is 858. The molecule has 0 aromatic heterocycles. The normalized spacial score (nSPS) is 14.5. The summed E-state index contributed by atoms with van der Waals surface area (Å²) in [7, 11) is 0. The molecule has 3 rings (SSSR count). The molecule has 6 nitrogen and oxygen atoms in total. The van der Waals surface area contributed by atoms with Gasteiger partial charge in [-0.25, -0.2) is 4.79 Å². The molecule has 2 aromatic carbocycles. The van der Waals surface area contributed by atoms with Gasteiger partial charge in [-0.05, 0) is 68.9 Å². The zero-order chi connectivity index (χ0) is 20.8. The molecule has 1 aliphatic rings. The van der Waals surface area contributed by atoms with Crippen LogP contribution in [-0.2, 0) is 6.42 Å². The van der Waals surface area contributed by atoms with Crippen LogP contribution in [0.5, 0.6) is 5.75 Å². The van der Waals surface area contributed by atoms with Crippen LogP contribution in [0.15, 0.2) is 42.5 Å². The Kier molecular flexibility index (Phi) is 6.75. The molecule has 0 saturated carbocycles. The number of carbonyl (C=O) groups is 2. The van der Waals surface area contributed by atoms with Gasteiger partial charge in [0.15, 0.2) is 0 Å². The third-order valence-electron chi connectivity index (χ3n) is 5.31. The molecule has 3 amide bonds. The number of para-hydroxylation sites is 1. The predicted molar refractivity (Wildman–Crippen MR) is 114 cm³/mol. The van der Waals surface area contributed by atoms with Gasteiger partial charge in [-0.2, -0.15) is 0 Å². The van der Waals surface area contributed by atoms with E-state index < -0.39 is 0 Å². The SMILES string of the molecule is Cc1cccc(C(=O)N2CCCC2)c1NC(=O)N[C@H](C)CCc1ccc(O)cc1. The van der Waals surface area contributed by atoms with Gasteiger partial charge in [0.2, 0.25) is 0 Å². The first-order valence-corrected chi connectivity index (χ1v) is 10.2. The maximum atomic E-state index is 12.8. The van der Waals surface area contributed by atoms with Crippen molar-refractivity contribution in [1.82, 2.24) is 10.2 Å². The van der Waals surface area contributed by atoms with Crippen molar-refractivity contribution < 1.29 is 14.7 Å². The Morgan fingerprint density at radius 1 is 1.10 bits per heavy atom. The zero-order valence-electron chi connectivity index (χ0n) is 17.1. The molecular formula is C23H29N3O3. The number of carbonyl (C=O) groups excluding carboxylic acids is 2. The van der Waals surface area contributed by atoms with Crippen LogP contribution in [0.25, 0.3) is 0 Å². The summed E-state index contributed by atoms with van der Waals surface area (Å²) in [5.41, 5.74) is 3.09. The minimum absolute atomic E-state index is 0.0260. The van der Waals surface area contributed by atoms with Gasteiger partial charge in [0.05, 0.1) is 11.3 Å². The molecule has 1 aliphatic heterocycles. The molecule has 154 valence electrons. The third-order valence-corrected chi connectivity index (χ3v) is 5.31. The monoisotopic (exact) mass is 395 g/mol. The van der Waals surface area contributed by atoms with Crippen LogP contribution in [0.3, 0.4) is 0 Å². The van der Waals surface area contributed by atoms with Gasteiger partial charge in [0.25, 0.3) is 5.91 Å². The Morgan fingerprint density at radius 2 is 1.79 bits per heavy atom. The van der Waals surface area contributed by atoms with Crippen molar-refractivity contribution in [3.63, 3.8) is 0 Å². The van der Waals surface area contributed by atoms with E-state index in [2.05, 4.69) is 10.6 Å². The first-order chi connectivity index (χ1) is 13.9. The van der Waals surface area contributed by atoms with Crippen molar-refractivity contribution in [2.24, 2.45) is 0 Å². The highest BCUT2D eigenvalue weighted by Gasteiger charge is 2.23. The molecule has 6 heteroatoms. The van der Waals surface area contributed by atoms with Crippen LogP contribution in [0.4, 0.5) is 10.5 Å². The standard InChI is InChI=1S/C23H29N3O3/c1-16-6-5-7-20(22(28)26-14-3-4-15-26)21(16)25-23(29)24-17(2)8-9-18-10-12-19(27)13-11-18/h5-7,10-13,17,27H,3-4,8-9,14-15H2,1-2H3,(H2,24,25,29)/t17-/m1/s1. The lowest BCUT2D eigenvalue weighted by Crippen LogP contribution is -2.37. The number of anilines is 1. The fourth-order valence-electron chi connectivity index (χ4n) is 3.59. The number of rotatable bonds is 6. The number of urea groups is 1. The summed E-state index contributed by atoms with van der Waals surface area (Å²) >= 11 is 0. The number of phenols is 1. The number of hydrogen-bond donors (Lipinski definition) is 3. The van der Waals surface area contributed by atoms with Crippen LogP contribution in [-0.4, -0.2) is 41.1 Å². The summed E-state index contributed by atoms with van der Waals surface area (Å²) in [6.07, 6.45) is 3.62. The smallest absolute Gasteiger partial charge is 0.319 e. The van der Waals surface area contributed by atoms with Crippen LogP contribution in [0.2, 0.25) is 0 Å². The average molecular weight is 396 g/mol. The van der Waals surface area contributed by atoms with E-state index in [1.165, 1.54) is 0 Å². The molecule has 2 aromatic rings. The molecule has 29 heavy (non-hydrogen) atoms. The second-order valence-corrected chi connectivity index (χ2v) is 7.70. The van der Waals surface area contributed by atoms with E-state index in [4.69, 9.17) is 0 Å². The van der Waals surface area contributed by atoms with E-state index in [0.29, 0.717) is 11.3 Å². The first kappa shape index (κ1) is 20.7. The maximum absolute atomic E-state index is 12.8. The van der Waals surface area contributed by atoms with E-state index in [1.54, 1.807) is 18.2 Å². The number of amides is 3. The van der Waals surface area contributed by atoms with Crippen LogP contribution >= 0.6 is 0 Å². The number of aromatic hydroxyl groups is 1. The van der Waals surface area contributed by atoms with Crippen molar-refractivity contribution in [1.29, 1.82) is 0 Å². The Hall–Kier alpha value is -3.02. The Labute approximate surface area is 171 Å². The van der Waals surface area contributed by atoms with Gasteiger partial charge in [-0.1, -0.05) is 24.3 Å². The summed E-state index contributed by atoms with van der Waals surface area (Å²) in [4.78, 5) is 27.2. The van der Waals surface area contributed by atoms with Gasteiger partial charge in [-0.15, -0.1) is 0 Å². The van der Waals surface area contributed by atoms with E-state index in [1.807, 2.05) is 43.0 Å². The molecule has 1 fully saturated rings.